The van der Waals surface area contributed by atoms with Crippen LogP contribution in [-0.2, 0) is 0 Å². The number of nitrogens with one attached hydrogen (secondary N) is 1. The molecule has 1 N–H and O–H groups in total. The standard InChI is InChI=1S/C22H24ClN5O3S.ClH/c1-14-11-15(2)20-19(12-14)32-22(25-20)27-9-7-26(8-10-27)6-5-24-21(29)17-13-16(23)3-4-18(17)28(30)31;/h3-4,11-13H,5-10H2,1-2H3,(H,24,29);1H. The molecule has 1 aromatic heterocycles. The van der Waals surface area contributed by atoms with Gasteiger partial charge >= 0.3 is 0 Å². The summed E-state index contributed by atoms with van der Waals surface area (Å²) >= 11 is 7.64. The van der Waals surface area contributed by atoms with Crippen LogP contribution in [0.1, 0.15) is 21.5 Å². The number of amides is 1. The first-order valence-electron chi connectivity index (χ1n) is 10.4. The maximum Gasteiger partial charge on any atom is 0.282 e. The van der Waals surface area contributed by atoms with Crippen LogP contribution in [0.3, 0.4) is 0 Å². The molecule has 0 bridgehead atoms. The number of aromatic nitrogens is 1. The van der Waals surface area contributed by atoms with Crippen molar-refractivity contribution in [2.24, 2.45) is 0 Å². The second-order valence-electron chi connectivity index (χ2n) is 7.93. The Labute approximate surface area is 207 Å². The number of nitro groups is 1. The third kappa shape index (κ3) is 5.73. The SMILES string of the molecule is Cc1cc(C)c2nc(N3CCN(CCNC(=O)c4cc(Cl)ccc4[N+](=O)[O-])CC3)sc2c1.Cl. The summed E-state index contributed by atoms with van der Waals surface area (Å²) in [7, 11) is 0. The molecule has 2 heterocycles. The lowest BCUT2D eigenvalue weighted by Gasteiger charge is -2.34. The summed E-state index contributed by atoms with van der Waals surface area (Å²) in [6, 6.07) is 8.34. The highest BCUT2D eigenvalue weighted by molar-refractivity contribution is 7.22. The number of aryl methyl sites for hydroxylation is 2. The number of hydrogen-bond acceptors (Lipinski definition) is 7. The summed E-state index contributed by atoms with van der Waals surface area (Å²) in [5.41, 5.74) is 3.27. The minimum Gasteiger partial charge on any atom is -0.351 e. The van der Waals surface area contributed by atoms with Crippen molar-refractivity contribution in [2.45, 2.75) is 13.8 Å². The lowest BCUT2D eigenvalue weighted by Crippen LogP contribution is -2.48. The molecule has 176 valence electrons. The highest BCUT2D eigenvalue weighted by Crippen LogP contribution is 2.32. The summed E-state index contributed by atoms with van der Waals surface area (Å²) in [4.78, 5) is 32.5. The number of nitrogens with zero attached hydrogens (tertiary/aromatic N) is 4. The summed E-state index contributed by atoms with van der Waals surface area (Å²) in [6.07, 6.45) is 0. The van der Waals surface area contributed by atoms with Crippen molar-refractivity contribution in [2.75, 3.05) is 44.2 Å². The average molecular weight is 510 g/mol. The van der Waals surface area contributed by atoms with E-state index in [4.69, 9.17) is 16.6 Å². The lowest BCUT2D eigenvalue weighted by molar-refractivity contribution is -0.385. The van der Waals surface area contributed by atoms with Gasteiger partial charge in [-0.05, 0) is 43.2 Å². The number of rotatable bonds is 6. The third-order valence-corrected chi connectivity index (χ3v) is 6.87. The van der Waals surface area contributed by atoms with E-state index in [-0.39, 0.29) is 28.7 Å². The third-order valence-electron chi connectivity index (χ3n) is 5.57. The fourth-order valence-electron chi connectivity index (χ4n) is 3.93. The average Bonchev–Trinajstić information content (AvgIpc) is 3.18. The van der Waals surface area contributed by atoms with Crippen LogP contribution in [0.15, 0.2) is 30.3 Å². The zero-order valence-corrected chi connectivity index (χ0v) is 20.7. The van der Waals surface area contributed by atoms with E-state index in [1.807, 2.05) is 0 Å². The van der Waals surface area contributed by atoms with E-state index in [1.165, 1.54) is 34.0 Å². The second kappa shape index (κ2) is 10.6. The molecule has 1 amide bonds. The molecule has 1 saturated heterocycles. The van der Waals surface area contributed by atoms with Crippen LogP contribution in [0.25, 0.3) is 10.2 Å². The minimum absolute atomic E-state index is 0. The first-order chi connectivity index (χ1) is 15.3. The van der Waals surface area contributed by atoms with Crippen LogP contribution in [0.5, 0.6) is 0 Å². The van der Waals surface area contributed by atoms with Crippen LogP contribution in [0, 0.1) is 24.0 Å². The summed E-state index contributed by atoms with van der Waals surface area (Å²) in [5, 5.41) is 15.3. The number of carbonyl (C=O) groups excluding carboxylic acids is 1. The van der Waals surface area contributed by atoms with Gasteiger partial charge < -0.3 is 10.2 Å². The van der Waals surface area contributed by atoms with Gasteiger partial charge in [-0.15, -0.1) is 12.4 Å². The highest BCUT2D eigenvalue weighted by Gasteiger charge is 2.22. The largest absolute Gasteiger partial charge is 0.351 e. The number of carbonyl (C=O) groups is 1. The van der Waals surface area contributed by atoms with E-state index in [0.717, 1.165) is 36.8 Å². The van der Waals surface area contributed by atoms with E-state index in [2.05, 4.69) is 41.1 Å². The molecule has 3 aromatic rings. The van der Waals surface area contributed by atoms with Crippen molar-refractivity contribution in [3.8, 4) is 0 Å². The van der Waals surface area contributed by atoms with E-state index >= 15 is 0 Å². The van der Waals surface area contributed by atoms with Crippen molar-refractivity contribution < 1.29 is 9.72 Å². The zero-order chi connectivity index (χ0) is 22.8. The maximum absolute atomic E-state index is 12.4. The molecule has 33 heavy (non-hydrogen) atoms. The lowest BCUT2D eigenvalue weighted by atomic mass is 10.1. The molecule has 0 aliphatic carbocycles. The second-order valence-corrected chi connectivity index (χ2v) is 9.37. The van der Waals surface area contributed by atoms with Crippen molar-refractivity contribution >= 4 is 62.3 Å². The van der Waals surface area contributed by atoms with Gasteiger partial charge in [-0.25, -0.2) is 4.98 Å². The van der Waals surface area contributed by atoms with Crippen molar-refractivity contribution in [1.29, 1.82) is 0 Å². The van der Waals surface area contributed by atoms with E-state index < -0.39 is 10.8 Å². The predicted molar refractivity (Wildman–Crippen MR) is 135 cm³/mol. The number of hydrogen-bond donors (Lipinski definition) is 1. The van der Waals surface area contributed by atoms with Crippen LogP contribution in [0.2, 0.25) is 5.02 Å². The monoisotopic (exact) mass is 509 g/mol. The van der Waals surface area contributed by atoms with Crippen LogP contribution in [-0.4, -0.2) is 60.0 Å². The highest BCUT2D eigenvalue weighted by atomic mass is 35.5. The Bertz CT molecular complexity index is 1180. The van der Waals surface area contributed by atoms with E-state index in [9.17, 15) is 14.9 Å². The smallest absolute Gasteiger partial charge is 0.282 e. The number of thiazole rings is 1. The van der Waals surface area contributed by atoms with Gasteiger partial charge in [0.1, 0.15) is 5.56 Å². The van der Waals surface area contributed by atoms with Crippen LogP contribution in [0.4, 0.5) is 10.8 Å². The van der Waals surface area contributed by atoms with Gasteiger partial charge in [0.25, 0.3) is 11.6 Å². The fraction of sp³-hybridized carbons (Fsp3) is 0.364. The van der Waals surface area contributed by atoms with E-state index in [0.29, 0.717) is 13.1 Å². The first-order valence-corrected chi connectivity index (χ1v) is 11.6. The molecule has 0 radical (unpaired) electrons. The Morgan fingerprint density at radius 2 is 1.94 bits per heavy atom. The Morgan fingerprint density at radius 1 is 1.21 bits per heavy atom. The van der Waals surface area contributed by atoms with Gasteiger partial charge in [-0.1, -0.05) is 29.0 Å². The predicted octanol–water partition coefficient (Wildman–Crippen LogP) is 4.45. The number of piperazine rings is 1. The van der Waals surface area contributed by atoms with Gasteiger partial charge in [-0.3, -0.25) is 19.8 Å². The molecule has 1 aliphatic rings. The first kappa shape index (κ1) is 25.2. The quantitative estimate of drug-likeness (QED) is 0.389. The van der Waals surface area contributed by atoms with E-state index in [1.54, 1.807) is 11.3 Å². The molecule has 2 aromatic carbocycles. The molecule has 8 nitrogen and oxygen atoms in total. The van der Waals surface area contributed by atoms with Gasteiger partial charge in [0.2, 0.25) is 0 Å². The summed E-state index contributed by atoms with van der Waals surface area (Å²) < 4.78 is 1.22. The van der Waals surface area contributed by atoms with Gasteiger partial charge in [0.15, 0.2) is 5.13 Å². The van der Waals surface area contributed by atoms with Gasteiger partial charge in [0, 0.05) is 50.4 Å². The molecule has 11 heteroatoms. The van der Waals surface area contributed by atoms with Crippen molar-refractivity contribution in [3.63, 3.8) is 0 Å². The number of anilines is 1. The number of halogens is 2. The molecular weight excluding hydrogens is 485 g/mol. The molecule has 0 saturated carbocycles. The molecule has 4 rings (SSSR count). The van der Waals surface area contributed by atoms with Crippen LogP contribution < -0.4 is 10.2 Å². The normalized spacial score (nSPS) is 14.2. The Morgan fingerprint density at radius 3 is 2.64 bits per heavy atom. The zero-order valence-electron chi connectivity index (χ0n) is 18.3. The minimum atomic E-state index is -0.574. The summed E-state index contributed by atoms with van der Waals surface area (Å²) in [6.45, 7) is 8.74. The number of nitro benzene ring substituents is 1. The molecule has 1 fully saturated rings. The van der Waals surface area contributed by atoms with Crippen LogP contribution >= 0.6 is 35.3 Å². The number of fused-ring (bicyclic) bond motifs is 1. The molecular formula is C22H25Cl2N5O3S. The Hall–Kier alpha value is -2.46. The Kier molecular flexibility index (Phi) is 8.12. The van der Waals surface area contributed by atoms with Crippen molar-refractivity contribution in [1.82, 2.24) is 15.2 Å². The van der Waals surface area contributed by atoms with Crippen molar-refractivity contribution in [3.05, 3.63) is 62.2 Å². The molecule has 1 aliphatic heterocycles. The molecule has 0 unspecified atom stereocenters. The van der Waals surface area contributed by atoms with Gasteiger partial charge in [-0.2, -0.15) is 0 Å². The maximum atomic E-state index is 12.4. The topological polar surface area (TPSA) is 91.6 Å². The fourth-order valence-corrected chi connectivity index (χ4v) is 5.29. The summed E-state index contributed by atoms with van der Waals surface area (Å²) in [5.74, 6) is -0.488. The Balaban J connectivity index is 0.00000306. The molecule has 0 spiro atoms. The molecule has 0 atom stereocenters. The number of benzene rings is 2. The van der Waals surface area contributed by atoms with Gasteiger partial charge in [0.05, 0.1) is 15.1 Å².